The molecule has 1 aromatic rings. The Hall–Kier alpha value is -0.820. The average molecular weight is 234 g/mol. The van der Waals surface area contributed by atoms with Crippen molar-refractivity contribution in [2.75, 3.05) is 6.61 Å². The highest BCUT2D eigenvalue weighted by Crippen LogP contribution is 2.31. The highest BCUT2D eigenvalue weighted by molar-refractivity contribution is 5.13. The van der Waals surface area contributed by atoms with Crippen LogP contribution in [0.3, 0.4) is 0 Å². The van der Waals surface area contributed by atoms with Gasteiger partial charge in [-0.3, -0.25) is 0 Å². The van der Waals surface area contributed by atoms with Crippen molar-refractivity contribution in [3.63, 3.8) is 0 Å². The zero-order chi connectivity index (χ0) is 12.7. The van der Waals surface area contributed by atoms with E-state index in [1.54, 1.807) is 0 Å². The van der Waals surface area contributed by atoms with Gasteiger partial charge in [0, 0.05) is 6.61 Å². The molecule has 1 heteroatoms. The lowest BCUT2D eigenvalue weighted by Gasteiger charge is -2.29. The van der Waals surface area contributed by atoms with Gasteiger partial charge in [-0.25, -0.2) is 0 Å². The van der Waals surface area contributed by atoms with Gasteiger partial charge in [0.2, 0.25) is 0 Å². The first-order valence-electron chi connectivity index (χ1n) is 6.65. The van der Waals surface area contributed by atoms with Crippen molar-refractivity contribution in [3.05, 3.63) is 35.9 Å². The molecule has 0 fully saturated rings. The standard InChI is InChI=1S/C16H26O/c1-5-15(16(2,3)4)11-12-17-13-14-9-7-6-8-10-14/h6-10,15H,5,11-13H2,1-4H3/t15-/m1/s1. The largest absolute Gasteiger partial charge is 0.377 e. The second-order valence-electron chi connectivity index (χ2n) is 5.80. The molecule has 0 spiro atoms. The minimum Gasteiger partial charge on any atom is -0.377 e. The Bertz CT molecular complexity index is 297. The lowest BCUT2D eigenvalue weighted by atomic mass is 9.77. The molecule has 0 saturated heterocycles. The van der Waals surface area contributed by atoms with Crippen LogP contribution >= 0.6 is 0 Å². The molecular formula is C16H26O. The van der Waals surface area contributed by atoms with Gasteiger partial charge in [-0.2, -0.15) is 0 Å². The van der Waals surface area contributed by atoms with E-state index in [1.807, 2.05) is 6.07 Å². The summed E-state index contributed by atoms with van der Waals surface area (Å²) in [6.07, 6.45) is 2.39. The van der Waals surface area contributed by atoms with Crippen LogP contribution in [0.2, 0.25) is 0 Å². The summed E-state index contributed by atoms with van der Waals surface area (Å²) in [6.45, 7) is 10.8. The third-order valence-corrected chi connectivity index (χ3v) is 3.44. The van der Waals surface area contributed by atoms with Gasteiger partial charge in [-0.15, -0.1) is 0 Å². The summed E-state index contributed by atoms with van der Waals surface area (Å²) in [6, 6.07) is 10.4. The van der Waals surface area contributed by atoms with E-state index in [0.29, 0.717) is 5.41 Å². The maximum atomic E-state index is 5.75. The number of rotatable bonds is 6. The van der Waals surface area contributed by atoms with Crippen LogP contribution in [0.1, 0.15) is 46.1 Å². The van der Waals surface area contributed by atoms with Crippen LogP contribution < -0.4 is 0 Å². The third kappa shape index (κ3) is 5.36. The molecule has 0 unspecified atom stereocenters. The minimum atomic E-state index is 0.394. The molecule has 1 rings (SSSR count). The summed E-state index contributed by atoms with van der Waals surface area (Å²) in [7, 11) is 0. The van der Waals surface area contributed by atoms with Gasteiger partial charge in [0.15, 0.2) is 0 Å². The van der Waals surface area contributed by atoms with Crippen molar-refractivity contribution in [2.45, 2.75) is 47.1 Å². The van der Waals surface area contributed by atoms with E-state index in [-0.39, 0.29) is 0 Å². The molecule has 0 amide bonds. The molecule has 1 aromatic carbocycles. The Morgan fingerprint density at radius 1 is 1.12 bits per heavy atom. The monoisotopic (exact) mass is 234 g/mol. The van der Waals surface area contributed by atoms with E-state index in [9.17, 15) is 0 Å². The molecule has 1 nitrogen and oxygen atoms in total. The van der Waals surface area contributed by atoms with Gasteiger partial charge in [0.25, 0.3) is 0 Å². The third-order valence-electron chi connectivity index (χ3n) is 3.44. The molecule has 0 bridgehead atoms. The molecule has 0 aromatic heterocycles. The molecule has 0 aliphatic heterocycles. The summed E-state index contributed by atoms with van der Waals surface area (Å²) < 4.78 is 5.75. The summed E-state index contributed by atoms with van der Waals surface area (Å²) >= 11 is 0. The first kappa shape index (κ1) is 14.2. The van der Waals surface area contributed by atoms with E-state index in [2.05, 4.69) is 52.0 Å². The molecular weight excluding hydrogens is 208 g/mol. The molecule has 0 heterocycles. The fourth-order valence-corrected chi connectivity index (χ4v) is 2.24. The summed E-state index contributed by atoms with van der Waals surface area (Å²) in [4.78, 5) is 0. The van der Waals surface area contributed by atoms with Crippen molar-refractivity contribution < 1.29 is 4.74 Å². The summed E-state index contributed by atoms with van der Waals surface area (Å²) in [5.74, 6) is 0.748. The molecule has 0 radical (unpaired) electrons. The van der Waals surface area contributed by atoms with E-state index in [1.165, 1.54) is 12.0 Å². The van der Waals surface area contributed by atoms with Crippen molar-refractivity contribution in [2.24, 2.45) is 11.3 Å². The van der Waals surface area contributed by atoms with Gasteiger partial charge >= 0.3 is 0 Å². The van der Waals surface area contributed by atoms with Gasteiger partial charge in [0.1, 0.15) is 0 Å². The van der Waals surface area contributed by atoms with Gasteiger partial charge in [-0.05, 0) is 23.3 Å². The van der Waals surface area contributed by atoms with E-state index >= 15 is 0 Å². The predicted molar refractivity (Wildman–Crippen MR) is 74.0 cm³/mol. The van der Waals surface area contributed by atoms with Crippen LogP contribution in [-0.4, -0.2) is 6.61 Å². The molecule has 17 heavy (non-hydrogen) atoms. The fraction of sp³-hybridized carbons (Fsp3) is 0.625. The SMILES string of the molecule is CC[C@H](CCOCc1ccccc1)C(C)(C)C. The van der Waals surface area contributed by atoms with Gasteiger partial charge in [-0.1, -0.05) is 64.4 Å². The van der Waals surface area contributed by atoms with E-state index in [4.69, 9.17) is 4.74 Å². The first-order valence-corrected chi connectivity index (χ1v) is 6.65. The maximum absolute atomic E-state index is 5.75. The van der Waals surface area contributed by atoms with Crippen LogP contribution in [0.4, 0.5) is 0 Å². The molecule has 1 atom stereocenters. The number of ether oxygens (including phenoxy) is 1. The predicted octanol–water partition coefficient (Wildman–Crippen LogP) is 4.67. The first-order chi connectivity index (χ1) is 8.04. The quantitative estimate of drug-likeness (QED) is 0.650. The molecule has 0 N–H and O–H groups in total. The minimum absolute atomic E-state index is 0.394. The smallest absolute Gasteiger partial charge is 0.0716 e. The van der Waals surface area contributed by atoms with Crippen LogP contribution in [0.5, 0.6) is 0 Å². The summed E-state index contributed by atoms with van der Waals surface area (Å²) in [5.41, 5.74) is 1.65. The van der Waals surface area contributed by atoms with E-state index in [0.717, 1.165) is 25.6 Å². The Morgan fingerprint density at radius 3 is 2.29 bits per heavy atom. The average Bonchev–Trinajstić information content (AvgIpc) is 2.28. The number of benzene rings is 1. The fourth-order valence-electron chi connectivity index (χ4n) is 2.24. The van der Waals surface area contributed by atoms with Crippen molar-refractivity contribution >= 4 is 0 Å². The van der Waals surface area contributed by atoms with Gasteiger partial charge < -0.3 is 4.74 Å². The lowest BCUT2D eigenvalue weighted by molar-refractivity contribution is 0.0854. The Kier molecular flexibility index (Phi) is 5.70. The highest BCUT2D eigenvalue weighted by atomic mass is 16.5. The molecule has 96 valence electrons. The van der Waals surface area contributed by atoms with Crippen molar-refractivity contribution in [1.29, 1.82) is 0 Å². The van der Waals surface area contributed by atoms with Crippen LogP contribution in [0, 0.1) is 11.3 Å². The van der Waals surface area contributed by atoms with Gasteiger partial charge in [0.05, 0.1) is 6.61 Å². The highest BCUT2D eigenvalue weighted by Gasteiger charge is 2.22. The zero-order valence-electron chi connectivity index (χ0n) is 11.7. The Morgan fingerprint density at radius 2 is 1.76 bits per heavy atom. The number of hydrogen-bond acceptors (Lipinski definition) is 1. The number of hydrogen-bond donors (Lipinski definition) is 0. The second-order valence-corrected chi connectivity index (χ2v) is 5.80. The topological polar surface area (TPSA) is 9.23 Å². The van der Waals surface area contributed by atoms with Crippen molar-refractivity contribution in [3.8, 4) is 0 Å². The van der Waals surface area contributed by atoms with Crippen LogP contribution in [0.25, 0.3) is 0 Å². The van der Waals surface area contributed by atoms with Crippen LogP contribution in [-0.2, 0) is 11.3 Å². The zero-order valence-corrected chi connectivity index (χ0v) is 11.7. The van der Waals surface area contributed by atoms with Crippen molar-refractivity contribution in [1.82, 2.24) is 0 Å². The maximum Gasteiger partial charge on any atom is 0.0716 e. The molecule has 0 aliphatic carbocycles. The lowest BCUT2D eigenvalue weighted by Crippen LogP contribution is -2.21. The molecule has 0 aliphatic rings. The Balaban J connectivity index is 2.24. The second kappa shape index (κ2) is 6.80. The summed E-state index contributed by atoms with van der Waals surface area (Å²) in [5, 5.41) is 0. The van der Waals surface area contributed by atoms with E-state index < -0.39 is 0 Å². The van der Waals surface area contributed by atoms with Crippen LogP contribution in [0.15, 0.2) is 30.3 Å². The Labute approximate surface area is 106 Å². The molecule has 0 saturated carbocycles. The normalized spacial score (nSPS) is 13.6.